The molecular weight excluding hydrogens is 388 g/mol. The monoisotopic (exact) mass is 410 g/mol. The number of anilines is 2. The number of hydrogen-bond donors (Lipinski definition) is 2. The molecule has 0 aliphatic carbocycles. The summed E-state index contributed by atoms with van der Waals surface area (Å²) in [5, 5.41) is 7.52. The minimum Gasteiger partial charge on any atom is -0.465 e. The number of thiocarbonyl (C=S) groups is 1. The highest BCUT2D eigenvalue weighted by atomic mass is 32.1. The van der Waals surface area contributed by atoms with Gasteiger partial charge in [0, 0.05) is 16.1 Å². The van der Waals surface area contributed by atoms with Crippen LogP contribution in [0, 0.1) is 20.8 Å². The molecule has 3 aromatic rings. The van der Waals surface area contributed by atoms with E-state index >= 15 is 0 Å². The van der Waals surface area contributed by atoms with Gasteiger partial charge in [-0.2, -0.15) is 0 Å². The van der Waals surface area contributed by atoms with Crippen molar-refractivity contribution in [3.8, 4) is 11.1 Å². The van der Waals surface area contributed by atoms with E-state index in [0.717, 1.165) is 32.8 Å². The van der Waals surface area contributed by atoms with E-state index in [1.54, 1.807) is 0 Å². The van der Waals surface area contributed by atoms with Crippen molar-refractivity contribution in [3.05, 3.63) is 70.1 Å². The Morgan fingerprint density at radius 1 is 1.04 bits per heavy atom. The van der Waals surface area contributed by atoms with Gasteiger partial charge in [0.15, 0.2) is 5.11 Å². The smallest absolute Gasteiger partial charge is 0.341 e. The number of nitrogens with one attached hydrogen (secondary N) is 2. The predicted molar refractivity (Wildman–Crippen MR) is 122 cm³/mol. The molecule has 144 valence electrons. The van der Waals surface area contributed by atoms with Crippen molar-refractivity contribution in [2.45, 2.75) is 20.8 Å². The first kappa shape index (κ1) is 20.0. The molecule has 1 aromatic heterocycles. The molecule has 0 aliphatic heterocycles. The summed E-state index contributed by atoms with van der Waals surface area (Å²) in [6, 6.07) is 16.0. The van der Waals surface area contributed by atoms with Gasteiger partial charge in [0.1, 0.15) is 10.6 Å². The molecule has 28 heavy (non-hydrogen) atoms. The molecule has 2 N–H and O–H groups in total. The van der Waals surface area contributed by atoms with Crippen molar-refractivity contribution in [3.63, 3.8) is 0 Å². The fourth-order valence-corrected chi connectivity index (χ4v) is 4.35. The molecule has 0 saturated carbocycles. The molecule has 0 unspecified atom stereocenters. The number of ether oxygens (including phenoxy) is 1. The van der Waals surface area contributed by atoms with Gasteiger partial charge in [0.2, 0.25) is 0 Å². The van der Waals surface area contributed by atoms with Crippen LogP contribution in [0.4, 0.5) is 10.7 Å². The maximum Gasteiger partial charge on any atom is 0.341 e. The molecule has 0 amide bonds. The number of carbonyl (C=O) groups is 1. The Morgan fingerprint density at radius 3 is 2.43 bits per heavy atom. The zero-order valence-electron chi connectivity index (χ0n) is 16.3. The zero-order valence-corrected chi connectivity index (χ0v) is 17.9. The molecule has 0 atom stereocenters. The maximum absolute atomic E-state index is 12.6. The van der Waals surface area contributed by atoms with Crippen LogP contribution in [0.3, 0.4) is 0 Å². The summed E-state index contributed by atoms with van der Waals surface area (Å²) in [6.45, 7) is 6.05. The third-order valence-corrected chi connectivity index (χ3v) is 5.63. The Kier molecular flexibility index (Phi) is 6.11. The Bertz CT molecular complexity index is 1030. The van der Waals surface area contributed by atoms with Gasteiger partial charge in [-0.3, -0.25) is 0 Å². The average molecular weight is 411 g/mol. The van der Waals surface area contributed by atoms with Crippen molar-refractivity contribution in [1.82, 2.24) is 0 Å². The average Bonchev–Trinajstić information content (AvgIpc) is 3.00. The van der Waals surface area contributed by atoms with Gasteiger partial charge in [-0.1, -0.05) is 42.5 Å². The van der Waals surface area contributed by atoms with Gasteiger partial charge in [-0.05, 0) is 55.7 Å². The number of esters is 1. The van der Waals surface area contributed by atoms with Crippen LogP contribution >= 0.6 is 23.6 Å². The summed E-state index contributed by atoms with van der Waals surface area (Å²) < 4.78 is 5.05. The standard InChI is InChI=1S/C22H22N2O2S2/c1-13-10-11-14(2)17(12-13)23-22(27)24-20-19(21(25)26-4)18(15(3)28-20)16-8-6-5-7-9-16/h5-12H,1-4H3,(H2,23,24,27). The summed E-state index contributed by atoms with van der Waals surface area (Å²) in [6.07, 6.45) is 0. The van der Waals surface area contributed by atoms with E-state index in [-0.39, 0.29) is 5.97 Å². The van der Waals surface area contributed by atoms with Gasteiger partial charge < -0.3 is 15.4 Å². The third kappa shape index (κ3) is 4.24. The molecule has 6 heteroatoms. The van der Waals surface area contributed by atoms with Crippen molar-refractivity contribution in [2.24, 2.45) is 0 Å². The molecule has 0 saturated heterocycles. The fraction of sp³-hybridized carbons (Fsp3) is 0.182. The van der Waals surface area contributed by atoms with E-state index in [1.165, 1.54) is 18.4 Å². The van der Waals surface area contributed by atoms with Gasteiger partial charge in [0.05, 0.1) is 7.11 Å². The fourth-order valence-electron chi connectivity index (χ4n) is 3.01. The highest BCUT2D eigenvalue weighted by Crippen LogP contribution is 2.40. The van der Waals surface area contributed by atoms with Crippen LogP contribution in [0.25, 0.3) is 11.1 Å². The van der Waals surface area contributed by atoms with E-state index < -0.39 is 0 Å². The van der Waals surface area contributed by atoms with Crippen LogP contribution in [0.1, 0.15) is 26.4 Å². The molecule has 0 bridgehead atoms. The summed E-state index contributed by atoms with van der Waals surface area (Å²) in [4.78, 5) is 13.6. The summed E-state index contributed by atoms with van der Waals surface area (Å²) in [5.41, 5.74) is 5.52. The van der Waals surface area contributed by atoms with Crippen molar-refractivity contribution >= 4 is 45.3 Å². The van der Waals surface area contributed by atoms with E-state index in [0.29, 0.717) is 15.7 Å². The quantitative estimate of drug-likeness (QED) is 0.412. The number of thiophene rings is 1. The van der Waals surface area contributed by atoms with Crippen LogP contribution in [-0.4, -0.2) is 18.2 Å². The summed E-state index contributed by atoms with van der Waals surface area (Å²) in [5.74, 6) is -0.389. The van der Waals surface area contributed by atoms with Crippen LogP contribution in [0.15, 0.2) is 48.5 Å². The first-order chi connectivity index (χ1) is 13.4. The number of aryl methyl sites for hydroxylation is 3. The van der Waals surface area contributed by atoms with E-state index in [2.05, 4.69) is 16.7 Å². The molecule has 1 heterocycles. The summed E-state index contributed by atoms with van der Waals surface area (Å²) >= 11 is 6.99. The number of carbonyl (C=O) groups excluding carboxylic acids is 1. The minimum absolute atomic E-state index is 0.389. The Balaban J connectivity index is 1.94. The second-order valence-electron chi connectivity index (χ2n) is 6.49. The van der Waals surface area contributed by atoms with E-state index in [1.807, 2.05) is 63.2 Å². The van der Waals surface area contributed by atoms with Crippen LogP contribution < -0.4 is 10.6 Å². The Labute approximate surface area is 174 Å². The number of methoxy groups -OCH3 is 1. The molecule has 3 rings (SSSR count). The third-order valence-electron chi connectivity index (χ3n) is 4.40. The van der Waals surface area contributed by atoms with Crippen LogP contribution in [0.5, 0.6) is 0 Å². The second kappa shape index (κ2) is 8.54. The lowest BCUT2D eigenvalue weighted by atomic mass is 10.0. The van der Waals surface area contributed by atoms with Crippen molar-refractivity contribution in [2.75, 3.05) is 17.7 Å². The highest BCUT2D eigenvalue weighted by Gasteiger charge is 2.24. The lowest BCUT2D eigenvalue weighted by Crippen LogP contribution is -2.20. The largest absolute Gasteiger partial charge is 0.465 e. The first-order valence-corrected chi connectivity index (χ1v) is 10.1. The van der Waals surface area contributed by atoms with E-state index in [9.17, 15) is 4.79 Å². The van der Waals surface area contributed by atoms with Crippen molar-refractivity contribution < 1.29 is 9.53 Å². The Hall–Kier alpha value is -2.70. The normalized spacial score (nSPS) is 10.4. The topological polar surface area (TPSA) is 50.4 Å². The van der Waals surface area contributed by atoms with E-state index in [4.69, 9.17) is 17.0 Å². The number of hydrogen-bond acceptors (Lipinski definition) is 4. The molecule has 0 radical (unpaired) electrons. The zero-order chi connectivity index (χ0) is 20.3. The van der Waals surface area contributed by atoms with Gasteiger partial charge in [-0.25, -0.2) is 4.79 Å². The van der Waals surface area contributed by atoms with Crippen LogP contribution in [-0.2, 0) is 4.74 Å². The Morgan fingerprint density at radius 2 is 1.75 bits per heavy atom. The van der Waals surface area contributed by atoms with Crippen molar-refractivity contribution in [1.29, 1.82) is 0 Å². The highest BCUT2D eigenvalue weighted by molar-refractivity contribution is 7.80. The van der Waals surface area contributed by atoms with Gasteiger partial charge in [0.25, 0.3) is 0 Å². The lowest BCUT2D eigenvalue weighted by molar-refractivity contribution is 0.0603. The number of benzene rings is 2. The SMILES string of the molecule is COC(=O)c1c(NC(=S)Nc2cc(C)ccc2C)sc(C)c1-c1ccccc1. The minimum atomic E-state index is -0.389. The molecule has 2 aromatic carbocycles. The molecule has 0 spiro atoms. The molecule has 4 nitrogen and oxygen atoms in total. The maximum atomic E-state index is 12.6. The molecule has 0 fully saturated rings. The predicted octanol–water partition coefficient (Wildman–Crippen LogP) is 5.94. The first-order valence-electron chi connectivity index (χ1n) is 8.83. The van der Waals surface area contributed by atoms with Gasteiger partial charge >= 0.3 is 5.97 Å². The lowest BCUT2D eigenvalue weighted by Gasteiger charge is -2.13. The number of rotatable bonds is 4. The summed E-state index contributed by atoms with van der Waals surface area (Å²) in [7, 11) is 1.39. The second-order valence-corrected chi connectivity index (χ2v) is 8.13. The van der Waals surface area contributed by atoms with Crippen LogP contribution in [0.2, 0.25) is 0 Å². The van der Waals surface area contributed by atoms with Gasteiger partial charge in [-0.15, -0.1) is 11.3 Å². The molecule has 0 aliphatic rings. The molecular formula is C22H22N2O2S2.